The van der Waals surface area contributed by atoms with Crippen LogP contribution in [-0.4, -0.2) is 15.5 Å². The topological polar surface area (TPSA) is 35.4 Å². The second-order valence-corrected chi connectivity index (χ2v) is 7.11. The van der Waals surface area contributed by atoms with E-state index in [4.69, 9.17) is 0 Å². The van der Waals surface area contributed by atoms with E-state index in [1.165, 1.54) is 12.3 Å². The molecule has 0 unspecified atom stereocenters. The summed E-state index contributed by atoms with van der Waals surface area (Å²) < 4.78 is 29.1. The second-order valence-electron chi connectivity index (χ2n) is 4.26. The Morgan fingerprint density at radius 3 is 2.56 bits per heavy atom. The summed E-state index contributed by atoms with van der Waals surface area (Å²) in [5, 5.41) is 0. The Morgan fingerprint density at radius 1 is 1.44 bits per heavy atom. The van der Waals surface area contributed by atoms with E-state index in [2.05, 4.69) is 20.3 Å². The molecule has 0 N–H and O–H groups in total. The van der Waals surface area contributed by atoms with E-state index in [0.29, 0.717) is 10.0 Å². The van der Waals surface area contributed by atoms with Crippen molar-refractivity contribution in [2.75, 3.05) is 0 Å². The van der Waals surface area contributed by atoms with Gasteiger partial charge in [-0.3, -0.25) is 0 Å². The highest BCUT2D eigenvalue weighted by Gasteiger charge is 2.25. The lowest BCUT2D eigenvalue weighted by atomic mass is 10.2. The van der Waals surface area contributed by atoms with E-state index in [1.54, 1.807) is 12.1 Å². The van der Waals surface area contributed by atoms with Crippen LogP contribution in [0, 0.1) is 5.82 Å². The summed E-state index contributed by atoms with van der Waals surface area (Å²) in [6, 6.07) is 4.65. The van der Waals surface area contributed by atoms with Gasteiger partial charge in [0.05, 0.1) is 6.21 Å². The fraction of sp³-hybridized carbons (Fsp3) is 0.364. The summed E-state index contributed by atoms with van der Waals surface area (Å²) in [6.45, 7) is 5.45. The van der Waals surface area contributed by atoms with Crippen LogP contribution in [0.3, 0.4) is 0 Å². The van der Waals surface area contributed by atoms with Crippen LogP contribution >= 0.6 is 15.9 Å². The number of halogens is 2. The van der Waals surface area contributed by atoms with E-state index in [0.717, 1.165) is 0 Å². The number of benzene rings is 1. The van der Waals surface area contributed by atoms with Crippen molar-refractivity contribution in [2.24, 2.45) is 4.40 Å². The van der Waals surface area contributed by atoms with Gasteiger partial charge in [0.15, 0.2) is 0 Å². The minimum absolute atomic E-state index is 0.334. The largest absolute Gasteiger partial charge is 0.591 e. The Bertz CT molecular complexity index is 403. The summed E-state index contributed by atoms with van der Waals surface area (Å²) in [6.07, 6.45) is 1.31. The van der Waals surface area contributed by atoms with Gasteiger partial charge < -0.3 is 4.55 Å². The van der Waals surface area contributed by atoms with E-state index >= 15 is 0 Å². The Labute approximate surface area is 106 Å². The summed E-state index contributed by atoms with van der Waals surface area (Å²) in [7, 11) is 0. The van der Waals surface area contributed by atoms with Crippen molar-refractivity contribution in [3.8, 4) is 0 Å². The zero-order valence-electron chi connectivity index (χ0n) is 9.33. The first-order chi connectivity index (χ1) is 7.30. The smallest absolute Gasteiger partial charge is 0.144 e. The highest BCUT2D eigenvalue weighted by molar-refractivity contribution is 9.10. The van der Waals surface area contributed by atoms with E-state index in [9.17, 15) is 8.94 Å². The third kappa shape index (κ3) is 3.88. The molecule has 0 fully saturated rings. The fourth-order valence-electron chi connectivity index (χ4n) is 0.869. The molecule has 0 aliphatic heterocycles. The van der Waals surface area contributed by atoms with Crippen molar-refractivity contribution < 1.29 is 8.94 Å². The number of hydrogen-bond donors (Lipinski definition) is 0. The van der Waals surface area contributed by atoms with Gasteiger partial charge in [0.1, 0.15) is 21.9 Å². The molecule has 0 radical (unpaired) electrons. The number of nitrogens with zero attached hydrogens (tertiary/aromatic N) is 1. The normalized spacial score (nSPS) is 14.4. The van der Waals surface area contributed by atoms with Crippen LogP contribution in [0.4, 0.5) is 4.39 Å². The van der Waals surface area contributed by atoms with Gasteiger partial charge in [-0.1, -0.05) is 20.3 Å². The van der Waals surface area contributed by atoms with Crippen molar-refractivity contribution in [3.05, 3.63) is 34.1 Å². The third-order valence-corrected chi connectivity index (χ3v) is 3.61. The van der Waals surface area contributed by atoms with Crippen molar-refractivity contribution in [1.29, 1.82) is 0 Å². The molecule has 1 aromatic carbocycles. The summed E-state index contributed by atoms with van der Waals surface area (Å²) >= 11 is 1.80. The quantitative estimate of drug-likeness (QED) is 0.608. The Kier molecular flexibility index (Phi) is 4.52. The van der Waals surface area contributed by atoms with Crippen LogP contribution in [0.15, 0.2) is 27.1 Å². The molecule has 0 aliphatic carbocycles. The van der Waals surface area contributed by atoms with Crippen molar-refractivity contribution in [3.63, 3.8) is 0 Å². The summed E-state index contributed by atoms with van der Waals surface area (Å²) in [5.74, 6) is -0.385. The van der Waals surface area contributed by atoms with Crippen LogP contribution in [0.5, 0.6) is 0 Å². The highest BCUT2D eigenvalue weighted by Crippen LogP contribution is 2.18. The molecular weight excluding hydrogens is 293 g/mol. The van der Waals surface area contributed by atoms with Crippen LogP contribution in [-0.2, 0) is 11.4 Å². The maximum atomic E-state index is 13.4. The predicted octanol–water partition coefficient (Wildman–Crippen LogP) is 3.47. The van der Waals surface area contributed by atoms with E-state index in [-0.39, 0.29) is 5.82 Å². The third-order valence-electron chi connectivity index (χ3n) is 1.77. The molecule has 2 nitrogen and oxygen atoms in total. The van der Waals surface area contributed by atoms with Gasteiger partial charge in [-0.25, -0.2) is 4.39 Å². The van der Waals surface area contributed by atoms with Gasteiger partial charge in [0.25, 0.3) is 0 Å². The van der Waals surface area contributed by atoms with Crippen LogP contribution in [0.1, 0.15) is 26.3 Å². The molecule has 0 bridgehead atoms. The van der Waals surface area contributed by atoms with Gasteiger partial charge in [0.2, 0.25) is 0 Å². The fourth-order valence-corrected chi connectivity index (χ4v) is 1.73. The first-order valence-corrected chi connectivity index (χ1v) is 6.62. The molecule has 1 atom stereocenters. The molecule has 1 aromatic rings. The molecular formula is C11H13BrFNOS. The Morgan fingerprint density at radius 2 is 2.06 bits per heavy atom. The Hall–Kier alpha value is -0.390. The first kappa shape index (κ1) is 13.7. The number of hydrogen-bond acceptors (Lipinski definition) is 2. The van der Waals surface area contributed by atoms with Crippen molar-refractivity contribution in [1.82, 2.24) is 0 Å². The average Bonchev–Trinajstić information content (AvgIpc) is 2.14. The molecule has 88 valence electrons. The highest BCUT2D eigenvalue weighted by atomic mass is 79.9. The summed E-state index contributed by atoms with van der Waals surface area (Å²) in [5.41, 5.74) is 0.334. The van der Waals surface area contributed by atoms with Gasteiger partial charge in [-0.2, -0.15) is 0 Å². The lowest BCUT2D eigenvalue weighted by molar-refractivity contribution is 0.561. The minimum Gasteiger partial charge on any atom is -0.591 e. The summed E-state index contributed by atoms with van der Waals surface area (Å²) in [4.78, 5) is 0. The standard InChI is InChI=1S/C11H13BrFNOS/c1-11(2,3)16(15)14-7-8-4-5-9(12)6-10(8)13/h4-7H,1-3H3/b14-7+/t16-/m0/s1. The SMILES string of the molecule is CC(C)(C)[S@+]([O-])/N=C/c1ccc(Br)cc1F. The van der Waals surface area contributed by atoms with Gasteiger partial charge in [-0.15, -0.1) is 0 Å². The molecule has 0 aliphatic rings. The lowest BCUT2D eigenvalue weighted by Crippen LogP contribution is -2.25. The predicted molar refractivity (Wildman–Crippen MR) is 69.6 cm³/mol. The van der Waals surface area contributed by atoms with Crippen LogP contribution in [0.25, 0.3) is 0 Å². The maximum Gasteiger partial charge on any atom is 0.144 e. The first-order valence-electron chi connectivity index (χ1n) is 4.72. The molecule has 0 spiro atoms. The molecule has 5 heteroatoms. The molecule has 16 heavy (non-hydrogen) atoms. The van der Waals surface area contributed by atoms with Crippen LogP contribution < -0.4 is 0 Å². The van der Waals surface area contributed by atoms with Crippen molar-refractivity contribution >= 4 is 33.5 Å². The molecule has 0 heterocycles. The molecule has 0 aromatic heterocycles. The van der Waals surface area contributed by atoms with Crippen molar-refractivity contribution in [2.45, 2.75) is 25.5 Å². The zero-order chi connectivity index (χ0) is 12.3. The number of rotatable bonds is 2. The minimum atomic E-state index is -1.36. The van der Waals surface area contributed by atoms with E-state index < -0.39 is 16.1 Å². The lowest BCUT2D eigenvalue weighted by Gasteiger charge is -2.17. The Balaban J connectivity index is 2.85. The second kappa shape index (κ2) is 5.29. The molecule has 0 saturated heterocycles. The van der Waals surface area contributed by atoms with Gasteiger partial charge in [-0.05, 0) is 39.0 Å². The monoisotopic (exact) mass is 305 g/mol. The average molecular weight is 306 g/mol. The molecule has 1 rings (SSSR count). The van der Waals surface area contributed by atoms with E-state index in [1.807, 2.05) is 20.8 Å². The molecule has 0 saturated carbocycles. The van der Waals surface area contributed by atoms with Gasteiger partial charge in [0, 0.05) is 10.0 Å². The maximum absolute atomic E-state index is 13.4. The zero-order valence-corrected chi connectivity index (χ0v) is 11.7. The molecule has 0 amide bonds. The van der Waals surface area contributed by atoms with Crippen LogP contribution in [0.2, 0.25) is 0 Å². The van der Waals surface area contributed by atoms with Gasteiger partial charge >= 0.3 is 0 Å².